The largest absolute Gasteiger partial charge is 0.790 e. The van der Waals surface area contributed by atoms with Gasteiger partial charge in [-0.3, -0.25) is 0 Å². The van der Waals surface area contributed by atoms with Crippen molar-refractivity contribution in [1.82, 2.24) is 0 Å². The fraction of sp³-hybridized carbons (Fsp3) is 0.200. The highest BCUT2D eigenvalue weighted by molar-refractivity contribution is 7.43. The third-order valence-corrected chi connectivity index (χ3v) is 3.78. The molecule has 0 unspecified atom stereocenters. The number of rotatable bonds is 5. The van der Waals surface area contributed by atoms with Gasteiger partial charge in [-0.1, -0.05) is 67.6 Å². The summed E-state index contributed by atoms with van der Waals surface area (Å²) in [6.45, 7) is 1.79. The van der Waals surface area contributed by atoms with Crippen LogP contribution in [0.2, 0.25) is 0 Å². The molecule has 2 aromatic rings. The summed E-state index contributed by atoms with van der Waals surface area (Å²) in [7, 11) is -5.13. The Labute approximate surface area is 118 Å². The number of hydrogen-bond donors (Lipinski definition) is 0. The Morgan fingerprint density at radius 1 is 0.950 bits per heavy atom. The molecule has 0 amide bonds. The van der Waals surface area contributed by atoms with E-state index in [1.54, 1.807) is 55.5 Å². The van der Waals surface area contributed by atoms with E-state index in [4.69, 9.17) is 4.52 Å². The zero-order valence-corrected chi connectivity index (χ0v) is 12.0. The fourth-order valence-corrected chi connectivity index (χ4v) is 3.07. The van der Waals surface area contributed by atoms with E-state index in [0.717, 1.165) is 0 Å². The SMILES string of the molecule is CCC(OP(=O)([O-])[O-])(c1ccccc1)c1ccccc1. The minimum Gasteiger partial charge on any atom is -0.790 e. The molecule has 0 saturated heterocycles. The van der Waals surface area contributed by atoms with Gasteiger partial charge in [0.15, 0.2) is 0 Å². The van der Waals surface area contributed by atoms with Crippen molar-refractivity contribution in [3.05, 3.63) is 71.8 Å². The van der Waals surface area contributed by atoms with Crippen LogP contribution >= 0.6 is 7.82 Å². The average molecular weight is 290 g/mol. The van der Waals surface area contributed by atoms with Crippen molar-refractivity contribution in [2.24, 2.45) is 0 Å². The maximum Gasteiger partial charge on any atom is 0.123 e. The van der Waals surface area contributed by atoms with Crippen LogP contribution in [0.15, 0.2) is 60.7 Å². The Kier molecular flexibility index (Phi) is 4.41. The molecule has 0 spiro atoms. The molecule has 0 aliphatic heterocycles. The summed E-state index contributed by atoms with van der Waals surface area (Å²) in [5.41, 5.74) is 0.00269. The van der Waals surface area contributed by atoms with Crippen LogP contribution in [0.3, 0.4) is 0 Å². The lowest BCUT2D eigenvalue weighted by molar-refractivity contribution is -0.349. The Hall–Kier alpha value is -1.45. The second-order valence-electron chi connectivity index (χ2n) is 4.45. The minimum absolute atomic E-state index is 0.329. The van der Waals surface area contributed by atoms with Gasteiger partial charge in [0.1, 0.15) is 5.60 Å². The Balaban J connectivity index is 2.61. The highest BCUT2D eigenvalue weighted by Crippen LogP contribution is 2.45. The van der Waals surface area contributed by atoms with Crippen LogP contribution < -0.4 is 9.79 Å². The van der Waals surface area contributed by atoms with E-state index in [9.17, 15) is 14.4 Å². The first-order valence-electron chi connectivity index (χ1n) is 6.32. The lowest BCUT2D eigenvalue weighted by Gasteiger charge is -2.42. The first-order chi connectivity index (χ1) is 9.48. The summed E-state index contributed by atoms with van der Waals surface area (Å²) in [4.78, 5) is 22.4. The molecule has 0 aromatic heterocycles. The van der Waals surface area contributed by atoms with E-state index in [0.29, 0.717) is 17.5 Å². The van der Waals surface area contributed by atoms with Crippen molar-refractivity contribution in [2.75, 3.05) is 0 Å². The molecule has 4 nitrogen and oxygen atoms in total. The Morgan fingerprint density at radius 3 is 1.65 bits per heavy atom. The average Bonchev–Trinajstić information content (AvgIpc) is 2.46. The van der Waals surface area contributed by atoms with Crippen LogP contribution in [0.5, 0.6) is 0 Å². The van der Waals surface area contributed by atoms with Crippen LogP contribution in [0.4, 0.5) is 0 Å². The van der Waals surface area contributed by atoms with Gasteiger partial charge in [-0.2, -0.15) is 0 Å². The normalized spacial score (nSPS) is 12.3. The van der Waals surface area contributed by atoms with Crippen LogP contribution in [0, 0.1) is 0 Å². The first-order valence-corrected chi connectivity index (χ1v) is 7.78. The van der Waals surface area contributed by atoms with Gasteiger partial charge in [0, 0.05) is 0 Å². The van der Waals surface area contributed by atoms with Crippen molar-refractivity contribution in [3.63, 3.8) is 0 Å². The van der Waals surface area contributed by atoms with E-state index < -0.39 is 13.4 Å². The molecule has 0 heterocycles. The number of phosphoric acid groups is 1. The third kappa shape index (κ3) is 3.17. The van der Waals surface area contributed by atoms with Gasteiger partial charge in [0.25, 0.3) is 0 Å². The molecule has 0 aliphatic carbocycles. The molecule has 2 rings (SSSR count). The van der Waals surface area contributed by atoms with E-state index in [1.165, 1.54) is 0 Å². The molecule has 0 radical (unpaired) electrons. The molecule has 0 N–H and O–H groups in total. The summed E-state index contributed by atoms with van der Waals surface area (Å²) in [6.07, 6.45) is 0.329. The second-order valence-corrected chi connectivity index (χ2v) is 5.53. The molecular formula is C15H15O4P-2. The van der Waals surface area contributed by atoms with Crippen LogP contribution in [-0.4, -0.2) is 0 Å². The number of benzene rings is 2. The molecule has 20 heavy (non-hydrogen) atoms. The second kappa shape index (κ2) is 5.90. The maximum absolute atomic E-state index is 11.2. The minimum atomic E-state index is -5.13. The van der Waals surface area contributed by atoms with E-state index in [2.05, 4.69) is 0 Å². The van der Waals surface area contributed by atoms with Crippen LogP contribution in [0.25, 0.3) is 0 Å². The summed E-state index contributed by atoms with van der Waals surface area (Å²) in [5.74, 6) is 0. The molecule has 5 heteroatoms. The predicted molar refractivity (Wildman–Crippen MR) is 72.6 cm³/mol. The van der Waals surface area contributed by atoms with Gasteiger partial charge in [-0.25, -0.2) is 0 Å². The number of phosphoric ester groups is 1. The summed E-state index contributed by atoms with van der Waals surface area (Å²) in [6, 6.07) is 17.8. The van der Waals surface area contributed by atoms with Gasteiger partial charge in [0.05, 0.1) is 7.82 Å². The zero-order chi connectivity index (χ0) is 14.6. The monoisotopic (exact) mass is 290 g/mol. The quantitative estimate of drug-likeness (QED) is 0.791. The van der Waals surface area contributed by atoms with Crippen molar-refractivity contribution >= 4 is 7.82 Å². The molecule has 0 atom stereocenters. The topological polar surface area (TPSA) is 72.4 Å². The van der Waals surface area contributed by atoms with Crippen LogP contribution in [0.1, 0.15) is 24.5 Å². The van der Waals surface area contributed by atoms with Gasteiger partial charge in [0.2, 0.25) is 0 Å². The van der Waals surface area contributed by atoms with Gasteiger partial charge in [-0.05, 0) is 17.5 Å². The summed E-state index contributed by atoms with van der Waals surface area (Å²) >= 11 is 0. The van der Waals surface area contributed by atoms with Crippen molar-refractivity contribution in [3.8, 4) is 0 Å². The lowest BCUT2D eigenvalue weighted by atomic mass is 9.84. The molecule has 0 fully saturated rings. The zero-order valence-electron chi connectivity index (χ0n) is 11.1. The van der Waals surface area contributed by atoms with Gasteiger partial charge >= 0.3 is 0 Å². The van der Waals surface area contributed by atoms with Crippen LogP contribution in [-0.2, 0) is 14.7 Å². The highest BCUT2D eigenvalue weighted by atomic mass is 31.2. The smallest absolute Gasteiger partial charge is 0.123 e. The lowest BCUT2D eigenvalue weighted by Crippen LogP contribution is -2.34. The Morgan fingerprint density at radius 2 is 1.35 bits per heavy atom. The molecule has 0 saturated carbocycles. The maximum atomic E-state index is 11.2. The van der Waals surface area contributed by atoms with Gasteiger partial charge < -0.3 is 18.9 Å². The Bertz CT molecular complexity index is 552. The van der Waals surface area contributed by atoms with Crippen molar-refractivity contribution < 1.29 is 18.9 Å². The fourth-order valence-electron chi connectivity index (χ4n) is 2.35. The van der Waals surface area contributed by atoms with Gasteiger partial charge in [-0.15, -0.1) is 0 Å². The highest BCUT2D eigenvalue weighted by Gasteiger charge is 2.34. The molecule has 2 aromatic carbocycles. The van der Waals surface area contributed by atoms with E-state index in [-0.39, 0.29) is 0 Å². The van der Waals surface area contributed by atoms with E-state index >= 15 is 0 Å². The van der Waals surface area contributed by atoms with Crippen molar-refractivity contribution in [2.45, 2.75) is 18.9 Å². The molecule has 0 aliphatic rings. The summed E-state index contributed by atoms with van der Waals surface area (Å²) in [5, 5.41) is 0. The van der Waals surface area contributed by atoms with E-state index in [1.807, 2.05) is 12.1 Å². The first kappa shape index (κ1) is 14.9. The molecule has 0 bridgehead atoms. The molecule has 106 valence electrons. The summed E-state index contributed by atoms with van der Waals surface area (Å²) < 4.78 is 16.2. The third-order valence-electron chi connectivity index (χ3n) is 3.25. The predicted octanol–water partition coefficient (Wildman–Crippen LogP) is 2.19. The molecular weight excluding hydrogens is 275 g/mol. The van der Waals surface area contributed by atoms with Crippen molar-refractivity contribution in [1.29, 1.82) is 0 Å². The standard InChI is InChI=1S/C15H17O4P/c1-2-15(19-20(16,17)18,13-9-5-3-6-10-13)14-11-7-4-8-12-14/h3-12H,2H2,1H3,(H2,16,17,18)/p-2. The number of hydrogen-bond acceptors (Lipinski definition) is 4.